The number of nitrogen functional groups attached to an aromatic ring is 1. The van der Waals surface area contributed by atoms with Crippen molar-refractivity contribution in [2.24, 2.45) is 7.05 Å². The number of hydrogen-bond acceptors (Lipinski definition) is 5. The van der Waals surface area contributed by atoms with Crippen LogP contribution in [0.4, 0.5) is 11.6 Å². The fourth-order valence-electron chi connectivity index (χ4n) is 1.17. The summed E-state index contributed by atoms with van der Waals surface area (Å²) in [5.41, 5.74) is 6.33. The van der Waals surface area contributed by atoms with Crippen molar-refractivity contribution in [1.29, 1.82) is 0 Å². The second-order valence-electron chi connectivity index (χ2n) is 3.12. The third-order valence-electron chi connectivity index (χ3n) is 2.04. The van der Waals surface area contributed by atoms with Gasteiger partial charge < -0.3 is 5.73 Å². The van der Waals surface area contributed by atoms with Gasteiger partial charge in [0, 0.05) is 25.1 Å². The lowest BCUT2D eigenvalue weighted by Crippen LogP contribution is -2.17. The van der Waals surface area contributed by atoms with E-state index in [-0.39, 0.29) is 5.91 Å². The average Bonchev–Trinajstić information content (AvgIpc) is 2.65. The van der Waals surface area contributed by atoms with Crippen LogP contribution in [-0.2, 0) is 7.05 Å². The van der Waals surface area contributed by atoms with Gasteiger partial charge in [0.2, 0.25) is 5.95 Å². The Morgan fingerprint density at radius 2 is 2.38 bits per heavy atom. The number of nitrogens with two attached hydrogens (primary N) is 1. The third-order valence-corrected chi connectivity index (χ3v) is 2.04. The minimum Gasteiger partial charge on any atom is -0.398 e. The van der Waals surface area contributed by atoms with E-state index in [0.29, 0.717) is 17.2 Å². The maximum absolute atomic E-state index is 11.8. The van der Waals surface area contributed by atoms with Gasteiger partial charge in [0.05, 0.1) is 5.56 Å². The Hall–Kier alpha value is -2.44. The second kappa shape index (κ2) is 3.97. The van der Waals surface area contributed by atoms with E-state index in [1.807, 2.05) is 0 Å². The van der Waals surface area contributed by atoms with Gasteiger partial charge in [-0.05, 0) is 6.07 Å². The number of aromatic nitrogens is 4. The summed E-state index contributed by atoms with van der Waals surface area (Å²) in [5, 5.41) is 6.41. The Morgan fingerprint density at radius 3 is 3.00 bits per heavy atom. The molecule has 7 nitrogen and oxygen atoms in total. The van der Waals surface area contributed by atoms with Crippen LogP contribution in [0.15, 0.2) is 24.8 Å². The molecule has 0 radical (unpaired) electrons. The van der Waals surface area contributed by atoms with Gasteiger partial charge >= 0.3 is 0 Å². The molecule has 2 aromatic rings. The Labute approximate surface area is 91.3 Å². The maximum Gasteiger partial charge on any atom is 0.261 e. The van der Waals surface area contributed by atoms with Crippen molar-refractivity contribution < 1.29 is 4.79 Å². The lowest BCUT2D eigenvalue weighted by atomic mass is 10.2. The third kappa shape index (κ3) is 1.83. The van der Waals surface area contributed by atoms with Crippen LogP contribution < -0.4 is 11.1 Å². The lowest BCUT2D eigenvalue weighted by Gasteiger charge is -2.05. The van der Waals surface area contributed by atoms with Gasteiger partial charge in [-0.25, -0.2) is 4.68 Å². The molecule has 16 heavy (non-hydrogen) atoms. The molecule has 2 heterocycles. The molecule has 2 aromatic heterocycles. The summed E-state index contributed by atoms with van der Waals surface area (Å²) in [6, 6.07) is 1.56. The second-order valence-corrected chi connectivity index (χ2v) is 3.12. The SMILES string of the molecule is Cn1ncnc1NC(=O)c1cnccc1N. The molecule has 0 aromatic carbocycles. The zero-order valence-electron chi connectivity index (χ0n) is 8.58. The van der Waals surface area contributed by atoms with Crippen molar-refractivity contribution in [3.63, 3.8) is 0 Å². The van der Waals surface area contributed by atoms with Crippen LogP contribution in [0.3, 0.4) is 0 Å². The Morgan fingerprint density at radius 1 is 1.56 bits per heavy atom. The normalized spacial score (nSPS) is 10.1. The van der Waals surface area contributed by atoms with Crippen LogP contribution in [0.5, 0.6) is 0 Å². The number of hydrogen-bond donors (Lipinski definition) is 2. The summed E-state index contributed by atoms with van der Waals surface area (Å²) in [4.78, 5) is 19.5. The van der Waals surface area contributed by atoms with Gasteiger partial charge in [-0.15, -0.1) is 0 Å². The monoisotopic (exact) mass is 218 g/mol. The van der Waals surface area contributed by atoms with E-state index in [0.717, 1.165) is 0 Å². The smallest absolute Gasteiger partial charge is 0.261 e. The van der Waals surface area contributed by atoms with Crippen LogP contribution in [0.25, 0.3) is 0 Å². The van der Waals surface area contributed by atoms with Crippen LogP contribution >= 0.6 is 0 Å². The predicted octanol–water partition coefficient (Wildman–Crippen LogP) is 0.0446. The standard InChI is InChI=1S/C9H10N6O/c1-15-9(12-5-13-15)14-8(16)6-4-11-3-2-7(6)10/h2-5H,1H3,(H2,10,11)(H,12,13,14,16). The predicted molar refractivity (Wildman–Crippen MR) is 57.6 cm³/mol. The highest BCUT2D eigenvalue weighted by Crippen LogP contribution is 2.10. The van der Waals surface area contributed by atoms with E-state index in [1.165, 1.54) is 23.4 Å². The summed E-state index contributed by atoms with van der Waals surface area (Å²) in [5.74, 6) is -0.00467. The molecule has 82 valence electrons. The van der Waals surface area contributed by atoms with Crippen molar-refractivity contribution >= 4 is 17.5 Å². The van der Waals surface area contributed by atoms with Gasteiger partial charge in [-0.3, -0.25) is 15.1 Å². The number of aryl methyl sites for hydroxylation is 1. The molecule has 0 unspecified atom stereocenters. The first-order chi connectivity index (χ1) is 7.68. The first kappa shape index (κ1) is 10.1. The van der Waals surface area contributed by atoms with Gasteiger partial charge in [0.1, 0.15) is 6.33 Å². The number of pyridine rings is 1. The molecule has 0 fully saturated rings. The van der Waals surface area contributed by atoms with Crippen LogP contribution in [0.2, 0.25) is 0 Å². The summed E-state index contributed by atoms with van der Waals surface area (Å²) in [6.45, 7) is 0. The summed E-state index contributed by atoms with van der Waals surface area (Å²) in [6.07, 6.45) is 4.28. The molecular formula is C9H10N6O. The molecule has 7 heteroatoms. The molecule has 1 amide bonds. The first-order valence-electron chi connectivity index (χ1n) is 4.53. The van der Waals surface area contributed by atoms with Crippen LogP contribution in [-0.4, -0.2) is 25.7 Å². The van der Waals surface area contributed by atoms with Crippen molar-refractivity contribution in [2.75, 3.05) is 11.1 Å². The highest BCUT2D eigenvalue weighted by atomic mass is 16.1. The molecule has 2 rings (SSSR count). The van der Waals surface area contributed by atoms with Crippen LogP contribution in [0, 0.1) is 0 Å². The van der Waals surface area contributed by atoms with E-state index in [9.17, 15) is 4.79 Å². The quantitative estimate of drug-likeness (QED) is 0.741. The van der Waals surface area contributed by atoms with Crippen molar-refractivity contribution in [2.45, 2.75) is 0 Å². The van der Waals surface area contributed by atoms with Crippen molar-refractivity contribution in [3.8, 4) is 0 Å². The minimum absolute atomic E-state index is 0.311. The topological polar surface area (TPSA) is 98.7 Å². The van der Waals surface area contributed by atoms with E-state index in [2.05, 4.69) is 20.4 Å². The highest BCUT2D eigenvalue weighted by molar-refractivity contribution is 6.06. The number of rotatable bonds is 2. The van der Waals surface area contributed by atoms with Gasteiger partial charge in [0.25, 0.3) is 5.91 Å². The summed E-state index contributed by atoms with van der Waals surface area (Å²) < 4.78 is 1.45. The lowest BCUT2D eigenvalue weighted by molar-refractivity contribution is 0.102. The van der Waals surface area contributed by atoms with Crippen molar-refractivity contribution in [3.05, 3.63) is 30.4 Å². The molecule has 0 saturated heterocycles. The molecule has 3 N–H and O–H groups in total. The zero-order valence-corrected chi connectivity index (χ0v) is 8.58. The highest BCUT2D eigenvalue weighted by Gasteiger charge is 2.11. The number of amides is 1. The fraction of sp³-hybridized carbons (Fsp3) is 0.111. The maximum atomic E-state index is 11.8. The largest absolute Gasteiger partial charge is 0.398 e. The molecular weight excluding hydrogens is 208 g/mol. The molecule has 0 spiro atoms. The fourth-order valence-corrected chi connectivity index (χ4v) is 1.17. The average molecular weight is 218 g/mol. The molecule has 0 aliphatic carbocycles. The van der Waals surface area contributed by atoms with Gasteiger partial charge in [0.15, 0.2) is 0 Å². The number of anilines is 2. The Bertz CT molecular complexity index is 520. The molecule has 0 saturated carbocycles. The number of nitrogens with zero attached hydrogens (tertiary/aromatic N) is 4. The zero-order chi connectivity index (χ0) is 11.5. The van der Waals surface area contributed by atoms with Crippen LogP contribution in [0.1, 0.15) is 10.4 Å². The van der Waals surface area contributed by atoms with Gasteiger partial charge in [-0.1, -0.05) is 0 Å². The van der Waals surface area contributed by atoms with E-state index in [4.69, 9.17) is 5.73 Å². The Kier molecular flexibility index (Phi) is 2.50. The van der Waals surface area contributed by atoms with E-state index < -0.39 is 0 Å². The van der Waals surface area contributed by atoms with E-state index >= 15 is 0 Å². The number of nitrogens with one attached hydrogen (secondary N) is 1. The molecule has 0 aliphatic heterocycles. The molecule has 0 bridgehead atoms. The van der Waals surface area contributed by atoms with Gasteiger partial charge in [-0.2, -0.15) is 10.1 Å². The number of carbonyl (C=O) groups is 1. The van der Waals surface area contributed by atoms with Crippen molar-refractivity contribution in [1.82, 2.24) is 19.7 Å². The minimum atomic E-state index is -0.360. The Balaban J connectivity index is 2.22. The van der Waals surface area contributed by atoms with E-state index in [1.54, 1.807) is 13.1 Å². The molecule has 0 atom stereocenters. The summed E-state index contributed by atoms with van der Waals surface area (Å²) >= 11 is 0. The molecule has 0 aliphatic rings. The first-order valence-corrected chi connectivity index (χ1v) is 4.53. The summed E-state index contributed by atoms with van der Waals surface area (Å²) in [7, 11) is 1.68. The number of carbonyl (C=O) groups excluding carboxylic acids is 1.